The molecule has 0 aliphatic carbocycles. The number of carbonyl (C=O) groups excluding carboxylic acids is 1. The van der Waals surface area contributed by atoms with Gasteiger partial charge in [-0.05, 0) is 42.5 Å². The van der Waals surface area contributed by atoms with Crippen LogP contribution in [0, 0.1) is 5.82 Å². The standard InChI is InChI=1S/C15H11FN4O2S/c16-8-5-6-10-9(7-8)13(14(22)17-10)19-20-15(23)18-11-3-1-2-4-12(11)21/h1-7,21H,(H,17,19,22)(H2,18,20,23). The number of anilines is 2. The van der Waals surface area contributed by atoms with Crippen LogP contribution in [0.5, 0.6) is 5.75 Å². The fourth-order valence-electron chi connectivity index (χ4n) is 2.07. The summed E-state index contributed by atoms with van der Waals surface area (Å²) in [5.74, 6) is -0.901. The van der Waals surface area contributed by atoms with Crippen molar-refractivity contribution in [3.05, 3.63) is 53.8 Å². The highest BCUT2D eigenvalue weighted by atomic mass is 32.1. The van der Waals surface area contributed by atoms with Crippen LogP contribution in [-0.2, 0) is 4.79 Å². The van der Waals surface area contributed by atoms with Gasteiger partial charge >= 0.3 is 0 Å². The van der Waals surface area contributed by atoms with Crippen LogP contribution in [0.4, 0.5) is 15.8 Å². The number of hydrogen-bond donors (Lipinski definition) is 4. The molecule has 0 fully saturated rings. The normalized spacial score (nSPS) is 14.3. The van der Waals surface area contributed by atoms with Crippen molar-refractivity contribution in [2.45, 2.75) is 0 Å². The van der Waals surface area contributed by atoms with E-state index in [0.717, 1.165) is 0 Å². The van der Waals surface area contributed by atoms with E-state index in [2.05, 4.69) is 21.2 Å². The van der Waals surface area contributed by atoms with E-state index in [4.69, 9.17) is 12.2 Å². The van der Waals surface area contributed by atoms with Crippen LogP contribution in [0.1, 0.15) is 5.56 Å². The Kier molecular flexibility index (Phi) is 3.90. The topological polar surface area (TPSA) is 85.8 Å². The molecule has 23 heavy (non-hydrogen) atoms. The number of nitrogens with zero attached hydrogens (tertiary/aromatic N) is 1. The van der Waals surface area contributed by atoms with Gasteiger partial charge in [0.15, 0.2) is 10.8 Å². The molecule has 116 valence electrons. The fourth-order valence-corrected chi connectivity index (χ4v) is 2.23. The minimum Gasteiger partial charge on any atom is -0.506 e. The zero-order valence-corrected chi connectivity index (χ0v) is 12.4. The van der Waals surface area contributed by atoms with Crippen molar-refractivity contribution in [2.75, 3.05) is 10.6 Å². The smallest absolute Gasteiger partial charge is 0.276 e. The lowest BCUT2D eigenvalue weighted by molar-refractivity contribution is -0.110. The number of hydrazone groups is 1. The number of fused-ring (bicyclic) bond motifs is 1. The Morgan fingerprint density at radius 3 is 2.83 bits per heavy atom. The number of phenolic OH excluding ortho intramolecular Hbond substituents is 1. The van der Waals surface area contributed by atoms with Gasteiger partial charge in [-0.2, -0.15) is 5.10 Å². The van der Waals surface area contributed by atoms with Gasteiger partial charge in [0.05, 0.1) is 11.4 Å². The van der Waals surface area contributed by atoms with Crippen molar-refractivity contribution in [1.82, 2.24) is 5.43 Å². The van der Waals surface area contributed by atoms with Gasteiger partial charge in [-0.3, -0.25) is 10.2 Å². The van der Waals surface area contributed by atoms with Gasteiger partial charge in [-0.25, -0.2) is 4.39 Å². The number of rotatable bonds is 2. The van der Waals surface area contributed by atoms with Crippen molar-refractivity contribution in [2.24, 2.45) is 5.10 Å². The molecule has 0 spiro atoms. The molecule has 0 saturated heterocycles. The van der Waals surface area contributed by atoms with Gasteiger partial charge in [-0.15, -0.1) is 0 Å². The highest BCUT2D eigenvalue weighted by Gasteiger charge is 2.26. The molecule has 1 aliphatic heterocycles. The number of nitrogens with one attached hydrogen (secondary N) is 3. The third-order valence-electron chi connectivity index (χ3n) is 3.12. The Morgan fingerprint density at radius 1 is 1.26 bits per heavy atom. The Bertz CT molecular complexity index is 838. The van der Waals surface area contributed by atoms with E-state index in [0.29, 0.717) is 16.9 Å². The predicted octanol–water partition coefficient (Wildman–Crippen LogP) is 2.17. The molecule has 3 rings (SSSR count). The SMILES string of the molecule is O=C1Nc2ccc(F)cc2/C1=N/NC(=S)Nc1ccccc1O. The second-order valence-electron chi connectivity index (χ2n) is 4.69. The van der Waals surface area contributed by atoms with Crippen molar-refractivity contribution in [3.63, 3.8) is 0 Å². The number of hydrogen-bond acceptors (Lipinski definition) is 4. The average molecular weight is 330 g/mol. The molecule has 1 amide bonds. The summed E-state index contributed by atoms with van der Waals surface area (Å²) >= 11 is 5.05. The molecule has 2 aromatic carbocycles. The molecule has 0 radical (unpaired) electrons. The summed E-state index contributed by atoms with van der Waals surface area (Å²) in [5, 5.41) is 19.0. The van der Waals surface area contributed by atoms with Crippen LogP contribution in [0.2, 0.25) is 0 Å². The highest BCUT2D eigenvalue weighted by Crippen LogP contribution is 2.24. The Balaban J connectivity index is 1.76. The first kappa shape index (κ1) is 14.9. The molecule has 2 aromatic rings. The summed E-state index contributed by atoms with van der Waals surface area (Å²) < 4.78 is 13.3. The van der Waals surface area contributed by atoms with Gasteiger partial charge < -0.3 is 15.7 Å². The van der Waals surface area contributed by atoms with Gasteiger partial charge in [0.25, 0.3) is 5.91 Å². The zero-order chi connectivity index (χ0) is 16.4. The molecule has 6 nitrogen and oxygen atoms in total. The minimum absolute atomic E-state index is 0.0235. The molecule has 8 heteroatoms. The number of amides is 1. The van der Waals surface area contributed by atoms with Crippen LogP contribution < -0.4 is 16.1 Å². The van der Waals surface area contributed by atoms with Crippen LogP contribution in [0.3, 0.4) is 0 Å². The third kappa shape index (κ3) is 3.11. The second kappa shape index (κ2) is 6.01. The van der Waals surface area contributed by atoms with E-state index in [1.54, 1.807) is 18.2 Å². The van der Waals surface area contributed by atoms with Crippen molar-refractivity contribution in [1.29, 1.82) is 0 Å². The van der Waals surface area contributed by atoms with Crippen LogP contribution in [-0.4, -0.2) is 21.8 Å². The molecule has 0 unspecified atom stereocenters. The lowest BCUT2D eigenvalue weighted by atomic mass is 10.1. The van der Waals surface area contributed by atoms with Crippen molar-refractivity contribution >= 4 is 40.3 Å². The van der Waals surface area contributed by atoms with Gasteiger partial charge in [-0.1, -0.05) is 12.1 Å². The maximum atomic E-state index is 13.3. The van der Waals surface area contributed by atoms with E-state index < -0.39 is 11.7 Å². The lowest BCUT2D eigenvalue weighted by Gasteiger charge is -2.08. The van der Waals surface area contributed by atoms with Crippen LogP contribution in [0.15, 0.2) is 47.6 Å². The van der Waals surface area contributed by atoms with Gasteiger partial charge in [0, 0.05) is 5.56 Å². The third-order valence-corrected chi connectivity index (χ3v) is 3.31. The van der Waals surface area contributed by atoms with E-state index in [1.165, 1.54) is 24.3 Å². The molecule has 1 heterocycles. The Labute approximate surface area is 136 Å². The van der Waals surface area contributed by atoms with Gasteiger partial charge in [0.2, 0.25) is 0 Å². The fraction of sp³-hybridized carbons (Fsp3) is 0. The molecule has 0 bridgehead atoms. The largest absolute Gasteiger partial charge is 0.506 e. The first-order valence-electron chi connectivity index (χ1n) is 6.58. The molecular formula is C15H11FN4O2S. The molecule has 0 atom stereocenters. The predicted molar refractivity (Wildman–Crippen MR) is 89.0 cm³/mol. The summed E-state index contributed by atoms with van der Waals surface area (Å²) in [4.78, 5) is 11.9. The summed E-state index contributed by atoms with van der Waals surface area (Å²) in [5.41, 5.74) is 3.77. The monoisotopic (exact) mass is 330 g/mol. The van der Waals surface area contributed by atoms with E-state index in [9.17, 15) is 14.3 Å². The number of para-hydroxylation sites is 2. The first-order chi connectivity index (χ1) is 11.0. The highest BCUT2D eigenvalue weighted by molar-refractivity contribution is 7.80. The van der Waals surface area contributed by atoms with E-state index in [-0.39, 0.29) is 16.6 Å². The van der Waals surface area contributed by atoms with Crippen molar-refractivity contribution < 1.29 is 14.3 Å². The number of aromatic hydroxyl groups is 1. The molecule has 0 saturated carbocycles. The average Bonchev–Trinajstić information content (AvgIpc) is 2.82. The second-order valence-corrected chi connectivity index (χ2v) is 5.10. The van der Waals surface area contributed by atoms with Crippen LogP contribution in [0.25, 0.3) is 0 Å². The van der Waals surface area contributed by atoms with Crippen molar-refractivity contribution in [3.8, 4) is 5.75 Å². The zero-order valence-electron chi connectivity index (χ0n) is 11.6. The van der Waals surface area contributed by atoms with Crippen LogP contribution >= 0.6 is 12.2 Å². The maximum absolute atomic E-state index is 13.3. The summed E-state index contributed by atoms with van der Waals surface area (Å²) in [6.45, 7) is 0. The first-order valence-corrected chi connectivity index (χ1v) is 6.99. The van der Waals surface area contributed by atoms with E-state index >= 15 is 0 Å². The summed E-state index contributed by atoms with van der Waals surface area (Å²) in [6.07, 6.45) is 0. The number of benzene rings is 2. The lowest BCUT2D eigenvalue weighted by Crippen LogP contribution is -2.27. The number of phenols is 1. The number of thiocarbonyl (C=S) groups is 1. The van der Waals surface area contributed by atoms with Gasteiger partial charge in [0.1, 0.15) is 11.6 Å². The Hall–Kier alpha value is -3.00. The molecule has 1 aliphatic rings. The number of halogens is 1. The maximum Gasteiger partial charge on any atom is 0.276 e. The van der Waals surface area contributed by atoms with E-state index in [1.807, 2.05) is 0 Å². The number of carbonyl (C=O) groups is 1. The summed E-state index contributed by atoms with van der Waals surface area (Å²) in [6, 6.07) is 10.5. The molecule has 4 N–H and O–H groups in total. The summed E-state index contributed by atoms with van der Waals surface area (Å²) in [7, 11) is 0. The minimum atomic E-state index is -0.470. The molecular weight excluding hydrogens is 319 g/mol. The quantitative estimate of drug-likeness (QED) is 0.385. The molecule has 0 aromatic heterocycles. The Morgan fingerprint density at radius 2 is 2.04 bits per heavy atom.